The van der Waals surface area contributed by atoms with Gasteiger partial charge in [-0.2, -0.15) is 0 Å². The van der Waals surface area contributed by atoms with Gasteiger partial charge in [0.15, 0.2) is 0 Å². The molecule has 1 rings (SSSR count). The van der Waals surface area contributed by atoms with Crippen LogP contribution in [0.25, 0.3) is 0 Å². The Kier molecular flexibility index (Phi) is 5.53. The average molecular weight is 277 g/mol. The SMILES string of the molecule is CNCCCCc1ccc(Br)cc1Cl. The molecule has 0 unspecified atom stereocenters. The summed E-state index contributed by atoms with van der Waals surface area (Å²) in [6, 6.07) is 6.08. The highest BCUT2D eigenvalue weighted by Gasteiger charge is 2.00. The molecule has 14 heavy (non-hydrogen) atoms. The van der Waals surface area contributed by atoms with Crippen molar-refractivity contribution in [1.82, 2.24) is 5.32 Å². The van der Waals surface area contributed by atoms with Crippen LogP contribution in [0.3, 0.4) is 0 Å². The maximum Gasteiger partial charge on any atom is 0.0449 e. The molecule has 0 atom stereocenters. The first kappa shape index (κ1) is 12.0. The molecule has 0 saturated carbocycles. The fraction of sp³-hybridized carbons (Fsp3) is 0.455. The summed E-state index contributed by atoms with van der Waals surface area (Å²) in [4.78, 5) is 0. The van der Waals surface area contributed by atoms with Gasteiger partial charge >= 0.3 is 0 Å². The van der Waals surface area contributed by atoms with Gasteiger partial charge in [-0.1, -0.05) is 33.6 Å². The zero-order chi connectivity index (χ0) is 10.4. The molecule has 0 aliphatic rings. The minimum absolute atomic E-state index is 0.865. The lowest BCUT2D eigenvalue weighted by Crippen LogP contribution is -2.07. The zero-order valence-electron chi connectivity index (χ0n) is 8.32. The summed E-state index contributed by atoms with van der Waals surface area (Å²) in [7, 11) is 1.98. The summed E-state index contributed by atoms with van der Waals surface area (Å²) in [5.41, 5.74) is 1.24. The number of aryl methyl sites for hydroxylation is 1. The second kappa shape index (κ2) is 6.44. The number of nitrogens with one attached hydrogen (secondary N) is 1. The second-order valence-electron chi connectivity index (χ2n) is 3.30. The largest absolute Gasteiger partial charge is 0.320 e. The summed E-state index contributed by atoms with van der Waals surface area (Å²) in [5.74, 6) is 0. The first-order valence-corrected chi connectivity index (χ1v) is 5.99. The molecule has 1 aromatic rings. The van der Waals surface area contributed by atoms with Crippen molar-refractivity contribution in [3.05, 3.63) is 33.3 Å². The van der Waals surface area contributed by atoms with E-state index in [9.17, 15) is 0 Å². The van der Waals surface area contributed by atoms with Crippen molar-refractivity contribution in [1.29, 1.82) is 0 Å². The van der Waals surface area contributed by atoms with E-state index in [1.807, 2.05) is 19.2 Å². The van der Waals surface area contributed by atoms with Crippen LogP contribution in [0.5, 0.6) is 0 Å². The Labute approximate surface area is 99.0 Å². The lowest BCUT2D eigenvalue weighted by atomic mass is 10.1. The number of hydrogen-bond acceptors (Lipinski definition) is 1. The van der Waals surface area contributed by atoms with Gasteiger partial charge in [0.1, 0.15) is 0 Å². The van der Waals surface area contributed by atoms with Gasteiger partial charge in [0.05, 0.1) is 0 Å². The molecule has 1 aromatic carbocycles. The molecule has 0 fully saturated rings. The monoisotopic (exact) mass is 275 g/mol. The zero-order valence-corrected chi connectivity index (χ0v) is 10.7. The van der Waals surface area contributed by atoms with Crippen LogP contribution in [0, 0.1) is 0 Å². The van der Waals surface area contributed by atoms with Crippen molar-refractivity contribution in [2.45, 2.75) is 19.3 Å². The number of unbranched alkanes of at least 4 members (excludes halogenated alkanes) is 1. The third-order valence-electron chi connectivity index (χ3n) is 2.14. The Morgan fingerprint density at radius 2 is 2.14 bits per heavy atom. The van der Waals surface area contributed by atoms with Crippen LogP contribution in [-0.4, -0.2) is 13.6 Å². The molecule has 0 aliphatic heterocycles. The minimum Gasteiger partial charge on any atom is -0.320 e. The maximum absolute atomic E-state index is 6.10. The summed E-state index contributed by atoms with van der Waals surface area (Å²) >= 11 is 9.49. The van der Waals surface area contributed by atoms with Crippen LogP contribution in [0.15, 0.2) is 22.7 Å². The molecule has 0 aliphatic carbocycles. The van der Waals surface area contributed by atoms with E-state index in [-0.39, 0.29) is 0 Å². The van der Waals surface area contributed by atoms with Crippen LogP contribution in [0.2, 0.25) is 5.02 Å². The first-order chi connectivity index (χ1) is 6.74. The molecule has 0 saturated heterocycles. The van der Waals surface area contributed by atoms with Gasteiger partial charge < -0.3 is 5.32 Å². The fourth-order valence-electron chi connectivity index (χ4n) is 1.34. The Bertz CT molecular complexity index is 289. The molecule has 78 valence electrons. The summed E-state index contributed by atoms with van der Waals surface area (Å²) < 4.78 is 1.04. The number of hydrogen-bond donors (Lipinski definition) is 1. The Hall–Kier alpha value is -0.0500. The van der Waals surface area contributed by atoms with Gasteiger partial charge in [-0.3, -0.25) is 0 Å². The van der Waals surface area contributed by atoms with Crippen molar-refractivity contribution < 1.29 is 0 Å². The molecule has 3 heteroatoms. The van der Waals surface area contributed by atoms with Crippen LogP contribution in [0.1, 0.15) is 18.4 Å². The lowest BCUT2D eigenvalue weighted by molar-refractivity contribution is 0.677. The van der Waals surface area contributed by atoms with Crippen LogP contribution >= 0.6 is 27.5 Å². The van der Waals surface area contributed by atoms with E-state index in [2.05, 4.69) is 27.3 Å². The molecule has 0 aromatic heterocycles. The number of halogens is 2. The van der Waals surface area contributed by atoms with Crippen LogP contribution < -0.4 is 5.32 Å². The lowest BCUT2D eigenvalue weighted by Gasteiger charge is -2.04. The Morgan fingerprint density at radius 1 is 1.36 bits per heavy atom. The molecular weight excluding hydrogens is 261 g/mol. The van der Waals surface area contributed by atoms with E-state index >= 15 is 0 Å². The van der Waals surface area contributed by atoms with Gasteiger partial charge in [0, 0.05) is 9.50 Å². The topological polar surface area (TPSA) is 12.0 Å². The third kappa shape index (κ3) is 3.99. The van der Waals surface area contributed by atoms with Crippen molar-refractivity contribution in [3.8, 4) is 0 Å². The predicted molar refractivity (Wildman–Crippen MR) is 66.0 cm³/mol. The Morgan fingerprint density at radius 3 is 2.79 bits per heavy atom. The fourth-order valence-corrected chi connectivity index (χ4v) is 2.11. The van der Waals surface area contributed by atoms with Crippen LogP contribution in [-0.2, 0) is 6.42 Å². The summed E-state index contributed by atoms with van der Waals surface area (Å²) in [6.07, 6.45) is 3.44. The number of benzene rings is 1. The van der Waals surface area contributed by atoms with E-state index in [0.29, 0.717) is 0 Å². The van der Waals surface area contributed by atoms with Gasteiger partial charge in [0.25, 0.3) is 0 Å². The van der Waals surface area contributed by atoms with E-state index in [1.165, 1.54) is 18.4 Å². The number of rotatable bonds is 5. The van der Waals surface area contributed by atoms with E-state index in [4.69, 9.17) is 11.6 Å². The van der Waals surface area contributed by atoms with Gasteiger partial charge in [-0.05, 0) is 50.6 Å². The first-order valence-electron chi connectivity index (χ1n) is 4.82. The molecule has 0 radical (unpaired) electrons. The van der Waals surface area contributed by atoms with E-state index < -0.39 is 0 Å². The third-order valence-corrected chi connectivity index (χ3v) is 2.98. The molecular formula is C11H15BrClN. The molecule has 0 heterocycles. The van der Waals surface area contributed by atoms with E-state index in [0.717, 1.165) is 22.5 Å². The molecule has 0 bridgehead atoms. The molecule has 1 N–H and O–H groups in total. The second-order valence-corrected chi connectivity index (χ2v) is 4.62. The molecule has 1 nitrogen and oxygen atoms in total. The van der Waals surface area contributed by atoms with Gasteiger partial charge in [-0.15, -0.1) is 0 Å². The smallest absolute Gasteiger partial charge is 0.0449 e. The highest BCUT2D eigenvalue weighted by atomic mass is 79.9. The maximum atomic E-state index is 6.10. The highest BCUT2D eigenvalue weighted by molar-refractivity contribution is 9.10. The quantitative estimate of drug-likeness (QED) is 0.810. The van der Waals surface area contributed by atoms with Crippen molar-refractivity contribution >= 4 is 27.5 Å². The minimum atomic E-state index is 0.865. The predicted octanol–water partition coefficient (Wildman–Crippen LogP) is 3.64. The van der Waals surface area contributed by atoms with Crippen molar-refractivity contribution in [2.24, 2.45) is 0 Å². The standard InChI is InChI=1S/C11H15BrClN/c1-14-7-3-2-4-9-5-6-10(12)8-11(9)13/h5-6,8,14H,2-4,7H2,1H3. The Balaban J connectivity index is 2.42. The van der Waals surface area contributed by atoms with E-state index in [1.54, 1.807) is 0 Å². The summed E-state index contributed by atoms with van der Waals surface area (Å²) in [6.45, 7) is 1.08. The summed E-state index contributed by atoms with van der Waals surface area (Å²) in [5, 5.41) is 4.00. The normalized spacial score (nSPS) is 10.5. The van der Waals surface area contributed by atoms with Crippen molar-refractivity contribution in [3.63, 3.8) is 0 Å². The average Bonchev–Trinajstić information content (AvgIpc) is 2.15. The van der Waals surface area contributed by atoms with Gasteiger partial charge in [-0.25, -0.2) is 0 Å². The van der Waals surface area contributed by atoms with Gasteiger partial charge in [0.2, 0.25) is 0 Å². The highest BCUT2D eigenvalue weighted by Crippen LogP contribution is 2.22. The van der Waals surface area contributed by atoms with Crippen molar-refractivity contribution in [2.75, 3.05) is 13.6 Å². The molecule has 0 spiro atoms. The van der Waals surface area contributed by atoms with Crippen LogP contribution in [0.4, 0.5) is 0 Å². The molecule has 0 amide bonds.